The number of carbonyl (C=O) groups excluding carboxylic acids is 1. The first-order valence-corrected chi connectivity index (χ1v) is 6.76. The van der Waals surface area contributed by atoms with E-state index in [0.29, 0.717) is 12.1 Å². The molecule has 2 rings (SSSR count). The topological polar surface area (TPSA) is 20.3 Å². The Kier molecular flexibility index (Phi) is 4.72. The maximum absolute atomic E-state index is 12.6. The summed E-state index contributed by atoms with van der Waals surface area (Å²) in [7, 11) is 0. The highest BCUT2D eigenvalue weighted by Gasteiger charge is 2.21. The standard InChI is InChI=1S/C18H19NO/c1-3-14-19(15(2)16-10-6-4-7-11-16)18(20)17-12-8-5-9-13-17/h3-13,15H,1,14H2,2H3/t15-/m0/s1. The van der Waals surface area contributed by atoms with E-state index in [1.54, 1.807) is 6.08 Å². The highest BCUT2D eigenvalue weighted by atomic mass is 16.2. The highest BCUT2D eigenvalue weighted by Crippen LogP contribution is 2.22. The van der Waals surface area contributed by atoms with Crippen molar-refractivity contribution in [1.82, 2.24) is 4.90 Å². The summed E-state index contributed by atoms with van der Waals surface area (Å²) in [5, 5.41) is 0. The van der Waals surface area contributed by atoms with E-state index in [0.717, 1.165) is 5.56 Å². The number of amides is 1. The maximum Gasteiger partial charge on any atom is 0.254 e. The van der Waals surface area contributed by atoms with Crippen LogP contribution in [0.25, 0.3) is 0 Å². The van der Waals surface area contributed by atoms with Crippen LogP contribution in [-0.4, -0.2) is 17.4 Å². The smallest absolute Gasteiger partial charge is 0.254 e. The van der Waals surface area contributed by atoms with Gasteiger partial charge in [-0.25, -0.2) is 0 Å². The lowest BCUT2D eigenvalue weighted by Crippen LogP contribution is -2.33. The Labute approximate surface area is 120 Å². The van der Waals surface area contributed by atoms with Crippen LogP contribution in [0.2, 0.25) is 0 Å². The summed E-state index contributed by atoms with van der Waals surface area (Å²) >= 11 is 0. The predicted octanol–water partition coefficient (Wildman–Crippen LogP) is 4.08. The Morgan fingerprint density at radius 2 is 1.65 bits per heavy atom. The zero-order chi connectivity index (χ0) is 14.4. The molecule has 2 heteroatoms. The van der Waals surface area contributed by atoms with Crippen molar-refractivity contribution in [2.75, 3.05) is 6.54 Å². The maximum atomic E-state index is 12.6. The van der Waals surface area contributed by atoms with Crippen molar-refractivity contribution in [3.05, 3.63) is 84.4 Å². The molecular weight excluding hydrogens is 246 g/mol. The van der Waals surface area contributed by atoms with E-state index in [4.69, 9.17) is 0 Å². The number of carbonyl (C=O) groups is 1. The van der Waals surface area contributed by atoms with E-state index in [2.05, 4.69) is 6.58 Å². The van der Waals surface area contributed by atoms with Gasteiger partial charge >= 0.3 is 0 Å². The first kappa shape index (κ1) is 14.1. The predicted molar refractivity (Wildman–Crippen MR) is 82.5 cm³/mol. The Bertz CT molecular complexity index is 562. The van der Waals surface area contributed by atoms with E-state index in [-0.39, 0.29) is 11.9 Å². The molecule has 0 heterocycles. The molecule has 2 nitrogen and oxygen atoms in total. The van der Waals surface area contributed by atoms with Gasteiger partial charge in [0.25, 0.3) is 5.91 Å². The van der Waals surface area contributed by atoms with Gasteiger partial charge in [-0.3, -0.25) is 4.79 Å². The first-order chi connectivity index (χ1) is 9.74. The fraction of sp³-hybridized carbons (Fsp3) is 0.167. The number of benzene rings is 2. The molecule has 0 unspecified atom stereocenters. The van der Waals surface area contributed by atoms with E-state index in [1.165, 1.54) is 0 Å². The summed E-state index contributed by atoms with van der Waals surface area (Å²) in [5.41, 5.74) is 1.83. The molecule has 0 radical (unpaired) electrons. The van der Waals surface area contributed by atoms with Crippen molar-refractivity contribution >= 4 is 5.91 Å². The van der Waals surface area contributed by atoms with Gasteiger partial charge in [-0.1, -0.05) is 54.6 Å². The fourth-order valence-electron chi connectivity index (χ4n) is 2.21. The Morgan fingerprint density at radius 1 is 1.10 bits per heavy atom. The summed E-state index contributed by atoms with van der Waals surface area (Å²) in [5.74, 6) is 0.0295. The average molecular weight is 265 g/mol. The summed E-state index contributed by atoms with van der Waals surface area (Å²) < 4.78 is 0. The molecular formula is C18H19NO. The Balaban J connectivity index is 2.27. The van der Waals surface area contributed by atoms with E-state index in [1.807, 2.05) is 72.5 Å². The van der Waals surface area contributed by atoms with Crippen molar-refractivity contribution in [2.45, 2.75) is 13.0 Å². The molecule has 0 saturated heterocycles. The minimum atomic E-state index is 0.0157. The molecule has 0 spiro atoms. The van der Waals surface area contributed by atoms with Crippen LogP contribution in [0.15, 0.2) is 73.3 Å². The molecule has 20 heavy (non-hydrogen) atoms. The van der Waals surface area contributed by atoms with E-state index in [9.17, 15) is 4.79 Å². The van der Waals surface area contributed by atoms with E-state index >= 15 is 0 Å². The SMILES string of the molecule is C=CCN(C(=O)c1ccccc1)[C@@H](C)c1ccccc1. The van der Waals surface area contributed by atoms with Gasteiger partial charge in [0.15, 0.2) is 0 Å². The molecule has 0 aromatic heterocycles. The monoisotopic (exact) mass is 265 g/mol. The van der Waals surface area contributed by atoms with Crippen LogP contribution in [0, 0.1) is 0 Å². The van der Waals surface area contributed by atoms with Crippen molar-refractivity contribution in [3.8, 4) is 0 Å². The number of hydrogen-bond acceptors (Lipinski definition) is 1. The lowest BCUT2D eigenvalue weighted by atomic mass is 10.1. The van der Waals surface area contributed by atoms with Crippen LogP contribution in [0.1, 0.15) is 28.9 Å². The molecule has 0 fully saturated rings. The van der Waals surface area contributed by atoms with Crippen LogP contribution in [0.4, 0.5) is 0 Å². The van der Waals surface area contributed by atoms with Gasteiger partial charge in [-0.05, 0) is 24.6 Å². The molecule has 0 saturated carbocycles. The van der Waals surface area contributed by atoms with Crippen LogP contribution in [0.5, 0.6) is 0 Å². The zero-order valence-corrected chi connectivity index (χ0v) is 11.7. The molecule has 2 aromatic rings. The summed E-state index contributed by atoms with van der Waals surface area (Å²) in [6.45, 7) is 6.33. The van der Waals surface area contributed by atoms with E-state index < -0.39 is 0 Å². The first-order valence-electron chi connectivity index (χ1n) is 6.76. The molecule has 0 N–H and O–H groups in total. The van der Waals surface area contributed by atoms with Crippen LogP contribution < -0.4 is 0 Å². The summed E-state index contributed by atoms with van der Waals surface area (Å²) in [6.07, 6.45) is 1.76. The van der Waals surface area contributed by atoms with Crippen LogP contribution >= 0.6 is 0 Å². The lowest BCUT2D eigenvalue weighted by molar-refractivity contribution is 0.0715. The molecule has 1 amide bonds. The van der Waals surface area contributed by atoms with Crippen LogP contribution in [0.3, 0.4) is 0 Å². The van der Waals surface area contributed by atoms with Crippen molar-refractivity contribution in [3.63, 3.8) is 0 Å². The minimum absolute atomic E-state index is 0.0157. The lowest BCUT2D eigenvalue weighted by Gasteiger charge is -2.28. The molecule has 0 aliphatic rings. The highest BCUT2D eigenvalue weighted by molar-refractivity contribution is 5.94. The summed E-state index contributed by atoms with van der Waals surface area (Å²) in [6, 6.07) is 19.4. The molecule has 1 atom stereocenters. The second-order valence-corrected chi connectivity index (χ2v) is 4.70. The number of rotatable bonds is 5. The van der Waals surface area contributed by atoms with Gasteiger partial charge in [-0.15, -0.1) is 6.58 Å². The fourth-order valence-corrected chi connectivity index (χ4v) is 2.21. The second-order valence-electron chi connectivity index (χ2n) is 4.70. The molecule has 102 valence electrons. The third-order valence-corrected chi connectivity index (χ3v) is 3.36. The van der Waals surface area contributed by atoms with Crippen molar-refractivity contribution in [2.24, 2.45) is 0 Å². The van der Waals surface area contributed by atoms with Gasteiger partial charge < -0.3 is 4.90 Å². The van der Waals surface area contributed by atoms with Gasteiger partial charge in [0.1, 0.15) is 0 Å². The van der Waals surface area contributed by atoms with Gasteiger partial charge in [0, 0.05) is 12.1 Å². The third-order valence-electron chi connectivity index (χ3n) is 3.36. The Hall–Kier alpha value is -2.35. The normalized spacial score (nSPS) is 11.7. The Morgan fingerprint density at radius 3 is 2.20 bits per heavy atom. The molecule has 0 aliphatic carbocycles. The quantitative estimate of drug-likeness (QED) is 0.746. The largest absolute Gasteiger partial charge is 0.328 e. The van der Waals surface area contributed by atoms with Gasteiger partial charge in [0.05, 0.1) is 6.04 Å². The van der Waals surface area contributed by atoms with Crippen molar-refractivity contribution < 1.29 is 4.79 Å². The third kappa shape index (κ3) is 3.15. The zero-order valence-electron chi connectivity index (χ0n) is 11.7. The van der Waals surface area contributed by atoms with Crippen molar-refractivity contribution in [1.29, 1.82) is 0 Å². The number of nitrogens with zero attached hydrogens (tertiary/aromatic N) is 1. The average Bonchev–Trinajstić information content (AvgIpc) is 2.53. The summed E-state index contributed by atoms with van der Waals surface area (Å²) in [4.78, 5) is 14.5. The number of hydrogen-bond donors (Lipinski definition) is 0. The van der Waals surface area contributed by atoms with Gasteiger partial charge in [-0.2, -0.15) is 0 Å². The molecule has 0 aliphatic heterocycles. The minimum Gasteiger partial charge on any atom is -0.328 e. The second kappa shape index (κ2) is 6.71. The molecule has 2 aromatic carbocycles. The molecule has 0 bridgehead atoms. The van der Waals surface area contributed by atoms with Gasteiger partial charge in [0.2, 0.25) is 0 Å². The van der Waals surface area contributed by atoms with Crippen LogP contribution in [-0.2, 0) is 0 Å².